The lowest BCUT2D eigenvalue weighted by Gasteiger charge is -2.14. The number of hydrogen-bond donors (Lipinski definition) is 2. The zero-order chi connectivity index (χ0) is 14.7. The third kappa shape index (κ3) is 3.04. The second-order valence-corrected chi connectivity index (χ2v) is 5.43. The summed E-state index contributed by atoms with van der Waals surface area (Å²) in [4.78, 5) is 9.34. The van der Waals surface area contributed by atoms with E-state index in [-0.39, 0.29) is 17.7 Å². The molecule has 0 saturated carbocycles. The first-order valence-electron chi connectivity index (χ1n) is 6.30. The van der Waals surface area contributed by atoms with Crippen LogP contribution < -0.4 is 10.6 Å². The van der Waals surface area contributed by atoms with Crippen LogP contribution in [0.25, 0.3) is 0 Å². The van der Waals surface area contributed by atoms with E-state index in [1.807, 2.05) is 13.1 Å². The number of aryl methyl sites for hydroxylation is 1. The van der Waals surface area contributed by atoms with Gasteiger partial charge in [0.25, 0.3) is 0 Å². The maximum atomic E-state index is 13.7. The predicted molar refractivity (Wildman–Crippen MR) is 77.2 cm³/mol. The van der Waals surface area contributed by atoms with Gasteiger partial charge in [-0.1, -0.05) is 6.92 Å². The Hall–Kier alpha value is -1.76. The van der Waals surface area contributed by atoms with Crippen molar-refractivity contribution in [3.8, 4) is 0 Å². The second-order valence-electron chi connectivity index (χ2n) is 4.28. The molecule has 1 atom stereocenters. The van der Waals surface area contributed by atoms with Crippen molar-refractivity contribution in [3.63, 3.8) is 0 Å². The Morgan fingerprint density at radius 3 is 2.60 bits per heavy atom. The monoisotopic (exact) mass is 298 g/mol. The van der Waals surface area contributed by atoms with Crippen LogP contribution in [-0.2, 0) is 6.42 Å². The van der Waals surface area contributed by atoms with E-state index in [0.29, 0.717) is 0 Å². The van der Waals surface area contributed by atoms with E-state index in [1.54, 1.807) is 11.3 Å². The number of anilines is 2. The van der Waals surface area contributed by atoms with Gasteiger partial charge in [-0.05, 0) is 13.3 Å². The van der Waals surface area contributed by atoms with Crippen LogP contribution in [0.1, 0.15) is 29.8 Å². The highest BCUT2D eigenvalue weighted by Crippen LogP contribution is 2.26. The molecule has 0 radical (unpaired) electrons. The molecule has 2 N–H and O–H groups in total. The summed E-state index contributed by atoms with van der Waals surface area (Å²) in [5.41, 5.74) is 0. The van der Waals surface area contributed by atoms with Gasteiger partial charge in [0.2, 0.25) is 0 Å². The van der Waals surface area contributed by atoms with Crippen molar-refractivity contribution in [3.05, 3.63) is 33.8 Å². The maximum Gasteiger partial charge on any atom is 0.168 e. The van der Waals surface area contributed by atoms with Crippen LogP contribution in [0.4, 0.5) is 20.4 Å². The predicted octanol–water partition coefficient (Wildman–Crippen LogP) is 3.59. The fourth-order valence-electron chi connectivity index (χ4n) is 1.70. The molecule has 0 bridgehead atoms. The first kappa shape index (κ1) is 14.6. The summed E-state index contributed by atoms with van der Waals surface area (Å²) in [5, 5.41) is 6.35. The van der Waals surface area contributed by atoms with Crippen molar-refractivity contribution >= 4 is 23.0 Å². The van der Waals surface area contributed by atoms with Crippen LogP contribution in [0.15, 0.2) is 12.3 Å². The van der Waals surface area contributed by atoms with E-state index in [1.165, 1.54) is 7.05 Å². The van der Waals surface area contributed by atoms with E-state index in [4.69, 9.17) is 0 Å². The Balaban J connectivity index is 2.20. The van der Waals surface area contributed by atoms with Gasteiger partial charge in [0.1, 0.15) is 5.01 Å². The maximum absolute atomic E-state index is 13.7. The molecular weight excluding hydrogens is 282 g/mol. The standard InChI is InChI=1S/C13H16F2N4S/c1-4-8-6-17-13(20-8)7(2)18-12-10(15)5-9(14)11(16-3)19-12/h5-7H,4H2,1-3H3,(H2,16,18,19). The van der Waals surface area contributed by atoms with E-state index in [2.05, 4.69) is 27.5 Å². The van der Waals surface area contributed by atoms with Gasteiger partial charge in [-0.25, -0.2) is 18.7 Å². The van der Waals surface area contributed by atoms with Gasteiger partial charge >= 0.3 is 0 Å². The topological polar surface area (TPSA) is 49.8 Å². The third-order valence-corrected chi connectivity index (χ3v) is 4.13. The lowest BCUT2D eigenvalue weighted by Crippen LogP contribution is -2.11. The molecule has 2 rings (SSSR count). The average molecular weight is 298 g/mol. The Morgan fingerprint density at radius 1 is 1.30 bits per heavy atom. The van der Waals surface area contributed by atoms with Crippen LogP contribution in [0.2, 0.25) is 0 Å². The zero-order valence-electron chi connectivity index (χ0n) is 11.5. The molecule has 0 spiro atoms. The molecule has 0 fully saturated rings. The Morgan fingerprint density at radius 2 is 2.00 bits per heavy atom. The first-order chi connectivity index (χ1) is 9.55. The van der Waals surface area contributed by atoms with E-state index < -0.39 is 11.6 Å². The summed E-state index contributed by atoms with van der Waals surface area (Å²) in [7, 11) is 1.53. The molecule has 0 amide bonds. The normalized spacial score (nSPS) is 12.2. The van der Waals surface area contributed by atoms with Gasteiger partial charge in [-0.3, -0.25) is 0 Å². The van der Waals surface area contributed by atoms with Gasteiger partial charge < -0.3 is 10.6 Å². The van der Waals surface area contributed by atoms with Crippen molar-refractivity contribution in [2.75, 3.05) is 17.7 Å². The van der Waals surface area contributed by atoms with E-state index >= 15 is 0 Å². The molecule has 0 aromatic carbocycles. The van der Waals surface area contributed by atoms with Crippen molar-refractivity contribution in [1.29, 1.82) is 0 Å². The Labute approximate surface area is 120 Å². The number of halogens is 2. The number of pyridine rings is 1. The molecule has 108 valence electrons. The quantitative estimate of drug-likeness (QED) is 0.885. The molecule has 2 aromatic rings. The van der Waals surface area contributed by atoms with Gasteiger partial charge in [-0.15, -0.1) is 11.3 Å². The lowest BCUT2D eigenvalue weighted by molar-refractivity contribution is 0.577. The lowest BCUT2D eigenvalue weighted by atomic mass is 10.3. The van der Waals surface area contributed by atoms with Crippen LogP contribution >= 0.6 is 11.3 Å². The number of rotatable bonds is 5. The smallest absolute Gasteiger partial charge is 0.168 e. The van der Waals surface area contributed by atoms with Crippen molar-refractivity contribution in [2.24, 2.45) is 0 Å². The molecule has 0 saturated heterocycles. The van der Waals surface area contributed by atoms with Crippen molar-refractivity contribution in [1.82, 2.24) is 9.97 Å². The largest absolute Gasteiger partial charge is 0.371 e. The number of aromatic nitrogens is 2. The third-order valence-electron chi connectivity index (χ3n) is 2.81. The summed E-state index contributed by atoms with van der Waals surface area (Å²) < 4.78 is 27.0. The minimum atomic E-state index is -0.722. The average Bonchev–Trinajstić information content (AvgIpc) is 2.90. The fourth-order valence-corrected chi connectivity index (χ4v) is 2.56. The van der Waals surface area contributed by atoms with Crippen molar-refractivity contribution < 1.29 is 8.78 Å². The van der Waals surface area contributed by atoms with Gasteiger partial charge in [0.15, 0.2) is 23.3 Å². The Bertz CT molecular complexity index is 600. The zero-order valence-corrected chi connectivity index (χ0v) is 12.3. The molecule has 1 unspecified atom stereocenters. The minimum Gasteiger partial charge on any atom is -0.371 e. The summed E-state index contributed by atoms with van der Waals surface area (Å²) in [5.74, 6) is -1.42. The number of thiazole rings is 1. The Kier molecular flexibility index (Phi) is 4.49. The molecular formula is C13H16F2N4S. The van der Waals surface area contributed by atoms with Gasteiger partial charge in [0, 0.05) is 24.2 Å². The highest BCUT2D eigenvalue weighted by atomic mass is 32.1. The SMILES string of the molecule is CCc1cnc(C(C)Nc2nc(NC)c(F)cc2F)s1. The fraction of sp³-hybridized carbons (Fsp3) is 0.385. The highest BCUT2D eigenvalue weighted by molar-refractivity contribution is 7.11. The summed E-state index contributed by atoms with van der Waals surface area (Å²) in [6, 6.07) is 0.616. The van der Waals surface area contributed by atoms with E-state index in [0.717, 1.165) is 22.4 Å². The van der Waals surface area contributed by atoms with Crippen molar-refractivity contribution in [2.45, 2.75) is 26.3 Å². The molecule has 0 aliphatic carbocycles. The second kappa shape index (κ2) is 6.13. The molecule has 2 heterocycles. The summed E-state index contributed by atoms with van der Waals surface area (Å²) in [6.07, 6.45) is 2.73. The molecule has 20 heavy (non-hydrogen) atoms. The number of nitrogens with one attached hydrogen (secondary N) is 2. The molecule has 0 aliphatic heterocycles. The van der Waals surface area contributed by atoms with E-state index in [9.17, 15) is 8.78 Å². The summed E-state index contributed by atoms with van der Waals surface area (Å²) >= 11 is 1.57. The summed E-state index contributed by atoms with van der Waals surface area (Å²) in [6.45, 7) is 3.91. The van der Waals surface area contributed by atoms with Gasteiger partial charge in [-0.2, -0.15) is 0 Å². The van der Waals surface area contributed by atoms with Crippen LogP contribution in [0, 0.1) is 11.6 Å². The molecule has 7 heteroatoms. The van der Waals surface area contributed by atoms with Gasteiger partial charge in [0.05, 0.1) is 6.04 Å². The molecule has 0 aliphatic rings. The molecule has 4 nitrogen and oxygen atoms in total. The first-order valence-corrected chi connectivity index (χ1v) is 7.11. The molecule has 2 aromatic heterocycles. The highest BCUT2D eigenvalue weighted by Gasteiger charge is 2.15. The van der Waals surface area contributed by atoms with Crippen LogP contribution in [0.3, 0.4) is 0 Å². The number of hydrogen-bond acceptors (Lipinski definition) is 5. The minimum absolute atomic E-state index is 0.00878. The van der Waals surface area contributed by atoms with Crippen LogP contribution in [-0.4, -0.2) is 17.0 Å². The van der Waals surface area contributed by atoms with Crippen LogP contribution in [0.5, 0.6) is 0 Å². The number of nitrogens with zero attached hydrogens (tertiary/aromatic N) is 2.